The molecule has 0 saturated carbocycles. The SMILES string of the molecule is O=C(O)C1Cc2ccccc2S1. The van der Waals surface area contributed by atoms with Gasteiger partial charge in [0, 0.05) is 4.90 Å². The lowest BCUT2D eigenvalue weighted by Crippen LogP contribution is -2.14. The molecule has 1 unspecified atom stereocenters. The molecule has 0 aromatic heterocycles. The minimum atomic E-state index is -0.712. The van der Waals surface area contributed by atoms with Gasteiger partial charge in [-0.2, -0.15) is 0 Å². The molecule has 1 heterocycles. The van der Waals surface area contributed by atoms with Crippen LogP contribution in [-0.4, -0.2) is 16.3 Å². The van der Waals surface area contributed by atoms with Crippen LogP contribution in [-0.2, 0) is 11.2 Å². The maximum absolute atomic E-state index is 10.6. The zero-order valence-corrected chi connectivity index (χ0v) is 7.17. The number of carboxylic acid groups (broad SMARTS) is 1. The summed E-state index contributed by atoms with van der Waals surface area (Å²) in [5.74, 6) is -0.712. The van der Waals surface area contributed by atoms with Gasteiger partial charge in [0.1, 0.15) is 5.25 Å². The fraction of sp³-hybridized carbons (Fsp3) is 0.222. The summed E-state index contributed by atoms with van der Waals surface area (Å²) in [7, 11) is 0. The van der Waals surface area contributed by atoms with Crippen molar-refractivity contribution in [3.63, 3.8) is 0 Å². The van der Waals surface area contributed by atoms with Gasteiger partial charge in [-0.1, -0.05) is 18.2 Å². The molecule has 1 aromatic rings. The Morgan fingerprint density at radius 1 is 1.50 bits per heavy atom. The molecular weight excluding hydrogens is 172 g/mol. The first kappa shape index (κ1) is 7.68. The predicted molar refractivity (Wildman–Crippen MR) is 47.4 cm³/mol. The van der Waals surface area contributed by atoms with E-state index >= 15 is 0 Å². The van der Waals surface area contributed by atoms with E-state index in [0.717, 1.165) is 10.5 Å². The van der Waals surface area contributed by atoms with Gasteiger partial charge in [0.15, 0.2) is 0 Å². The first-order chi connectivity index (χ1) is 5.77. The number of aliphatic carboxylic acids is 1. The number of fused-ring (bicyclic) bond motifs is 1. The number of hydrogen-bond donors (Lipinski definition) is 1. The first-order valence-corrected chi connectivity index (χ1v) is 4.63. The van der Waals surface area contributed by atoms with Crippen LogP contribution in [0.1, 0.15) is 5.56 Å². The molecule has 0 radical (unpaired) electrons. The highest BCUT2D eigenvalue weighted by molar-refractivity contribution is 8.01. The van der Waals surface area contributed by atoms with Crippen LogP contribution in [0.2, 0.25) is 0 Å². The second-order valence-corrected chi connectivity index (χ2v) is 4.00. The molecule has 1 aliphatic rings. The molecule has 62 valence electrons. The number of benzene rings is 1. The second-order valence-electron chi connectivity index (χ2n) is 2.76. The summed E-state index contributed by atoms with van der Waals surface area (Å²) in [5.41, 5.74) is 1.16. The molecule has 2 nitrogen and oxygen atoms in total. The predicted octanol–water partition coefficient (Wildman–Crippen LogP) is 1.79. The average Bonchev–Trinajstić information content (AvgIpc) is 2.46. The van der Waals surface area contributed by atoms with E-state index in [4.69, 9.17) is 5.11 Å². The summed E-state index contributed by atoms with van der Waals surface area (Å²) in [5, 5.41) is 8.49. The Balaban J connectivity index is 2.27. The van der Waals surface area contributed by atoms with Crippen LogP contribution in [0, 0.1) is 0 Å². The van der Waals surface area contributed by atoms with E-state index in [9.17, 15) is 4.79 Å². The number of hydrogen-bond acceptors (Lipinski definition) is 2. The van der Waals surface area contributed by atoms with Gasteiger partial charge in [-0.3, -0.25) is 4.79 Å². The van der Waals surface area contributed by atoms with Crippen molar-refractivity contribution in [1.29, 1.82) is 0 Å². The molecule has 0 bridgehead atoms. The van der Waals surface area contributed by atoms with Crippen LogP contribution >= 0.6 is 11.8 Å². The monoisotopic (exact) mass is 180 g/mol. The van der Waals surface area contributed by atoms with Gasteiger partial charge >= 0.3 is 5.97 Å². The fourth-order valence-electron chi connectivity index (χ4n) is 1.32. The van der Waals surface area contributed by atoms with Gasteiger partial charge in [0.25, 0.3) is 0 Å². The third kappa shape index (κ3) is 1.20. The van der Waals surface area contributed by atoms with E-state index in [1.54, 1.807) is 0 Å². The summed E-state index contributed by atoms with van der Waals surface area (Å²) in [6.07, 6.45) is 0.663. The zero-order valence-electron chi connectivity index (χ0n) is 6.36. The van der Waals surface area contributed by atoms with E-state index in [1.807, 2.05) is 24.3 Å². The maximum Gasteiger partial charge on any atom is 0.317 e. The van der Waals surface area contributed by atoms with Crippen molar-refractivity contribution < 1.29 is 9.90 Å². The Labute approximate surface area is 74.6 Å². The Kier molecular flexibility index (Phi) is 1.81. The molecule has 0 saturated heterocycles. The highest BCUT2D eigenvalue weighted by Gasteiger charge is 2.27. The molecule has 0 spiro atoms. The average molecular weight is 180 g/mol. The molecule has 1 aliphatic heterocycles. The van der Waals surface area contributed by atoms with Crippen molar-refractivity contribution >= 4 is 17.7 Å². The van der Waals surface area contributed by atoms with Crippen LogP contribution in [0.4, 0.5) is 0 Å². The van der Waals surface area contributed by atoms with Gasteiger partial charge in [-0.25, -0.2) is 0 Å². The summed E-state index contributed by atoms with van der Waals surface area (Å²) in [6.45, 7) is 0. The van der Waals surface area contributed by atoms with Crippen LogP contribution in [0.3, 0.4) is 0 Å². The summed E-state index contributed by atoms with van der Waals surface area (Å²) >= 11 is 1.44. The molecule has 1 atom stereocenters. The Bertz CT molecular complexity index is 297. The molecule has 12 heavy (non-hydrogen) atoms. The number of rotatable bonds is 1. The van der Waals surface area contributed by atoms with Crippen molar-refractivity contribution in [3.05, 3.63) is 29.8 Å². The minimum absolute atomic E-state index is 0.276. The van der Waals surface area contributed by atoms with Crippen molar-refractivity contribution in [3.8, 4) is 0 Å². The maximum atomic E-state index is 10.6. The number of carboxylic acids is 1. The van der Waals surface area contributed by atoms with E-state index in [2.05, 4.69) is 0 Å². The van der Waals surface area contributed by atoms with Crippen LogP contribution in [0.5, 0.6) is 0 Å². The van der Waals surface area contributed by atoms with E-state index < -0.39 is 5.97 Å². The van der Waals surface area contributed by atoms with Crippen molar-refractivity contribution in [2.24, 2.45) is 0 Å². The molecular formula is C9H8O2S. The molecule has 0 fully saturated rings. The lowest BCUT2D eigenvalue weighted by atomic mass is 10.1. The summed E-state index contributed by atoms with van der Waals surface area (Å²) in [4.78, 5) is 11.8. The quantitative estimate of drug-likeness (QED) is 0.715. The van der Waals surface area contributed by atoms with Gasteiger partial charge in [0.2, 0.25) is 0 Å². The fourth-order valence-corrected chi connectivity index (χ4v) is 2.45. The molecule has 3 heteroatoms. The topological polar surface area (TPSA) is 37.3 Å². The highest BCUT2D eigenvalue weighted by Crippen LogP contribution is 2.36. The molecule has 1 N–H and O–H groups in total. The van der Waals surface area contributed by atoms with Gasteiger partial charge < -0.3 is 5.11 Å². The zero-order chi connectivity index (χ0) is 8.55. The van der Waals surface area contributed by atoms with Crippen LogP contribution in [0.25, 0.3) is 0 Å². The minimum Gasteiger partial charge on any atom is -0.480 e. The third-order valence-corrected chi connectivity index (χ3v) is 3.23. The molecule has 0 amide bonds. The van der Waals surface area contributed by atoms with E-state index in [-0.39, 0.29) is 5.25 Å². The van der Waals surface area contributed by atoms with Crippen LogP contribution < -0.4 is 0 Å². The number of thioether (sulfide) groups is 1. The Morgan fingerprint density at radius 2 is 2.25 bits per heavy atom. The lowest BCUT2D eigenvalue weighted by molar-refractivity contribution is -0.136. The third-order valence-electron chi connectivity index (χ3n) is 1.92. The number of carbonyl (C=O) groups is 1. The highest BCUT2D eigenvalue weighted by atomic mass is 32.2. The van der Waals surface area contributed by atoms with Gasteiger partial charge in [0.05, 0.1) is 0 Å². The van der Waals surface area contributed by atoms with Crippen molar-refractivity contribution in [2.45, 2.75) is 16.6 Å². The molecule has 2 rings (SSSR count). The first-order valence-electron chi connectivity index (χ1n) is 3.75. The van der Waals surface area contributed by atoms with Crippen molar-refractivity contribution in [1.82, 2.24) is 0 Å². The van der Waals surface area contributed by atoms with E-state index in [0.29, 0.717) is 6.42 Å². The molecule has 1 aromatic carbocycles. The Hall–Kier alpha value is -0.960. The van der Waals surface area contributed by atoms with Crippen molar-refractivity contribution in [2.75, 3.05) is 0 Å². The standard InChI is InChI=1S/C9H8O2S/c10-9(11)8-5-6-3-1-2-4-7(6)12-8/h1-4,8H,5H2,(H,10,11). The lowest BCUT2D eigenvalue weighted by Gasteiger charge is -1.97. The summed E-state index contributed by atoms with van der Waals surface area (Å²) in [6, 6.07) is 7.86. The summed E-state index contributed by atoms with van der Waals surface area (Å²) < 4.78 is 0. The van der Waals surface area contributed by atoms with Crippen LogP contribution in [0.15, 0.2) is 29.2 Å². The normalized spacial score (nSPS) is 20.5. The van der Waals surface area contributed by atoms with E-state index in [1.165, 1.54) is 11.8 Å². The molecule has 0 aliphatic carbocycles. The van der Waals surface area contributed by atoms with Gasteiger partial charge in [-0.15, -0.1) is 11.8 Å². The smallest absolute Gasteiger partial charge is 0.317 e. The largest absolute Gasteiger partial charge is 0.480 e. The second kappa shape index (κ2) is 2.83. The van der Waals surface area contributed by atoms with Gasteiger partial charge in [-0.05, 0) is 18.1 Å². The Morgan fingerprint density at radius 3 is 2.92 bits per heavy atom.